The van der Waals surface area contributed by atoms with Crippen LogP contribution in [0.15, 0.2) is 51.9 Å². The van der Waals surface area contributed by atoms with Crippen LogP contribution in [0, 0.1) is 13.7 Å². The van der Waals surface area contributed by atoms with Crippen LogP contribution in [-0.4, -0.2) is 40.9 Å². The third kappa shape index (κ3) is 5.15. The Hall–Kier alpha value is -3.72. The zero-order valence-corrected chi connectivity index (χ0v) is 23.4. The fraction of sp³-hybridized carbons (Fsp3) is 0.240. The highest BCUT2D eigenvalue weighted by molar-refractivity contribution is 14.1. The number of fused-ring (bicyclic) bond motifs is 1. The molecule has 1 aliphatic rings. The molecule has 2 heterocycles. The molecule has 1 aromatic heterocycles. The van der Waals surface area contributed by atoms with Gasteiger partial charge in [-0.15, -0.1) is 0 Å². The second-order valence-corrected chi connectivity index (χ2v) is 10.0. The van der Waals surface area contributed by atoms with E-state index in [0.717, 1.165) is 11.3 Å². The maximum Gasteiger partial charge on any atom is 0.337 e. The molecule has 0 bridgehead atoms. The van der Waals surface area contributed by atoms with Gasteiger partial charge < -0.3 is 19.3 Å². The molecular formula is C25H22IN3O8S. The van der Waals surface area contributed by atoms with Gasteiger partial charge in [-0.3, -0.25) is 19.5 Å². The van der Waals surface area contributed by atoms with Gasteiger partial charge in [0.2, 0.25) is 5.75 Å². The number of carbonyl (C=O) groups is 1. The Kier molecular flexibility index (Phi) is 8.16. The van der Waals surface area contributed by atoms with Crippen molar-refractivity contribution in [3.05, 3.63) is 86.6 Å². The van der Waals surface area contributed by atoms with Crippen LogP contribution >= 0.6 is 33.9 Å². The second-order valence-electron chi connectivity index (χ2n) is 7.88. The molecule has 1 aliphatic heterocycles. The van der Waals surface area contributed by atoms with Gasteiger partial charge >= 0.3 is 11.7 Å². The van der Waals surface area contributed by atoms with E-state index in [1.165, 1.54) is 36.1 Å². The van der Waals surface area contributed by atoms with Crippen molar-refractivity contribution in [2.75, 3.05) is 20.3 Å². The molecule has 0 aliphatic carbocycles. The van der Waals surface area contributed by atoms with Crippen molar-refractivity contribution in [1.29, 1.82) is 0 Å². The molecule has 1 atom stereocenters. The summed E-state index contributed by atoms with van der Waals surface area (Å²) >= 11 is 2.85. The summed E-state index contributed by atoms with van der Waals surface area (Å²) in [6.45, 7) is 4.49. The van der Waals surface area contributed by atoms with E-state index in [1.807, 2.05) is 13.8 Å². The van der Waals surface area contributed by atoms with E-state index in [1.54, 1.807) is 40.8 Å². The van der Waals surface area contributed by atoms with Crippen LogP contribution in [0.3, 0.4) is 0 Å². The van der Waals surface area contributed by atoms with Gasteiger partial charge in [0.05, 0.1) is 45.0 Å². The lowest BCUT2D eigenvalue weighted by Crippen LogP contribution is -2.39. The fourth-order valence-electron chi connectivity index (χ4n) is 3.97. The number of phenols is 1. The summed E-state index contributed by atoms with van der Waals surface area (Å²) in [6, 6.07) is 7.01. The summed E-state index contributed by atoms with van der Waals surface area (Å²) in [6.07, 6.45) is 2.86. The van der Waals surface area contributed by atoms with Crippen molar-refractivity contribution < 1.29 is 29.0 Å². The minimum atomic E-state index is -0.870. The van der Waals surface area contributed by atoms with Crippen LogP contribution in [0.4, 0.5) is 5.69 Å². The largest absolute Gasteiger partial charge is 0.501 e. The average Bonchev–Trinajstić information content (AvgIpc) is 3.21. The lowest BCUT2D eigenvalue weighted by atomic mass is 9.97. The molecule has 198 valence electrons. The van der Waals surface area contributed by atoms with Gasteiger partial charge in [0.15, 0.2) is 16.3 Å². The van der Waals surface area contributed by atoms with Crippen LogP contribution in [0.25, 0.3) is 6.08 Å². The molecule has 0 spiro atoms. The van der Waals surface area contributed by atoms with Gasteiger partial charge in [-0.1, -0.05) is 17.4 Å². The number of benzene rings is 2. The van der Waals surface area contributed by atoms with Crippen LogP contribution in [0.2, 0.25) is 0 Å². The monoisotopic (exact) mass is 651 g/mol. The Morgan fingerprint density at radius 1 is 1.24 bits per heavy atom. The first kappa shape index (κ1) is 27.3. The number of rotatable bonds is 8. The number of phenolic OH excluding ortho intramolecular Hbond substituents is 1. The molecule has 0 saturated carbocycles. The van der Waals surface area contributed by atoms with Crippen molar-refractivity contribution in [3.63, 3.8) is 0 Å². The normalized spacial score (nSPS) is 14.8. The second kappa shape index (κ2) is 11.3. The standard InChI is InChI=1S/C25H22IN3O8S/c1-4-36-18-7-6-14(11-19(18)37-5-2)21-15(24(32)35-3)12-27-25-28(21)23(31)20(38-25)10-13-8-16(26)22(30)17(9-13)29(33)34/h6-12,21,30H,4-5H2,1-3H3/b20-10-/t21-/m0/s1. The quantitative estimate of drug-likeness (QED) is 0.170. The summed E-state index contributed by atoms with van der Waals surface area (Å²) in [5.41, 5.74) is 0.150. The number of halogens is 1. The molecule has 38 heavy (non-hydrogen) atoms. The maximum atomic E-state index is 13.7. The SMILES string of the molecule is CCOc1ccc([C@H]2C(C(=O)OC)=CN=c3s/c(=C\c4cc(I)c(O)c([N+](=O)[O-])c4)c(=O)n32)cc1OCC. The lowest BCUT2D eigenvalue weighted by Gasteiger charge is -2.23. The molecule has 0 unspecified atom stereocenters. The number of carbonyl (C=O) groups excluding carboxylic acids is 1. The molecule has 0 radical (unpaired) electrons. The van der Waals surface area contributed by atoms with Crippen LogP contribution < -0.4 is 24.4 Å². The summed E-state index contributed by atoms with van der Waals surface area (Å²) in [5, 5.41) is 21.4. The highest BCUT2D eigenvalue weighted by atomic mass is 127. The number of nitro groups is 1. The number of aromatic nitrogens is 1. The number of nitrogens with zero attached hydrogens (tertiary/aromatic N) is 3. The molecule has 0 fully saturated rings. The topological polar surface area (TPSA) is 142 Å². The first-order chi connectivity index (χ1) is 18.2. The van der Waals surface area contributed by atoms with E-state index in [0.29, 0.717) is 40.6 Å². The lowest BCUT2D eigenvalue weighted by molar-refractivity contribution is -0.386. The van der Waals surface area contributed by atoms with Gasteiger partial charge in [-0.05, 0) is 71.8 Å². The third-order valence-corrected chi connectivity index (χ3v) is 7.39. The molecule has 3 aromatic rings. The van der Waals surface area contributed by atoms with E-state index in [-0.39, 0.29) is 13.7 Å². The Morgan fingerprint density at radius 3 is 2.61 bits per heavy atom. The summed E-state index contributed by atoms with van der Waals surface area (Å²) in [5.74, 6) is -0.111. The first-order valence-corrected chi connectivity index (χ1v) is 13.2. The smallest absolute Gasteiger partial charge is 0.337 e. The van der Waals surface area contributed by atoms with Gasteiger partial charge in [0.1, 0.15) is 0 Å². The predicted molar refractivity (Wildman–Crippen MR) is 147 cm³/mol. The van der Waals surface area contributed by atoms with Crippen LogP contribution in [0.1, 0.15) is 31.0 Å². The zero-order chi connectivity index (χ0) is 27.6. The van der Waals surface area contributed by atoms with E-state index in [9.17, 15) is 24.8 Å². The van der Waals surface area contributed by atoms with Crippen molar-refractivity contribution in [2.24, 2.45) is 4.99 Å². The van der Waals surface area contributed by atoms with E-state index < -0.39 is 33.9 Å². The first-order valence-electron chi connectivity index (χ1n) is 11.4. The van der Waals surface area contributed by atoms with E-state index in [2.05, 4.69) is 4.99 Å². The van der Waals surface area contributed by atoms with Gasteiger partial charge in [-0.2, -0.15) is 0 Å². The van der Waals surface area contributed by atoms with Crippen LogP contribution in [-0.2, 0) is 9.53 Å². The molecule has 4 rings (SSSR count). The number of aromatic hydroxyl groups is 1. The Labute approximate surface area is 233 Å². The van der Waals surface area contributed by atoms with Crippen molar-refractivity contribution >= 4 is 51.7 Å². The highest BCUT2D eigenvalue weighted by Crippen LogP contribution is 2.35. The molecule has 2 aromatic carbocycles. The summed E-state index contributed by atoms with van der Waals surface area (Å²) < 4.78 is 18.2. The van der Waals surface area contributed by atoms with E-state index in [4.69, 9.17) is 14.2 Å². The van der Waals surface area contributed by atoms with Crippen molar-refractivity contribution in [2.45, 2.75) is 19.9 Å². The molecule has 13 heteroatoms. The average molecular weight is 651 g/mol. The Bertz CT molecular complexity index is 1640. The predicted octanol–water partition coefficient (Wildman–Crippen LogP) is 3.03. The number of hydrogen-bond acceptors (Lipinski definition) is 10. The Balaban J connectivity index is 1.92. The third-order valence-electron chi connectivity index (χ3n) is 5.57. The molecule has 11 nitrogen and oxygen atoms in total. The number of nitro benzene ring substituents is 1. The van der Waals surface area contributed by atoms with Crippen molar-refractivity contribution in [3.8, 4) is 17.2 Å². The molecule has 0 saturated heterocycles. The number of methoxy groups -OCH3 is 1. The number of hydrogen-bond donors (Lipinski definition) is 1. The maximum absolute atomic E-state index is 13.7. The van der Waals surface area contributed by atoms with Gasteiger partial charge in [-0.25, -0.2) is 9.79 Å². The highest BCUT2D eigenvalue weighted by Gasteiger charge is 2.31. The zero-order valence-electron chi connectivity index (χ0n) is 20.5. The number of esters is 1. The number of thiazole rings is 1. The minimum absolute atomic E-state index is 0.146. The van der Waals surface area contributed by atoms with Crippen molar-refractivity contribution in [1.82, 2.24) is 4.57 Å². The van der Waals surface area contributed by atoms with Gasteiger partial charge in [0.25, 0.3) is 5.56 Å². The minimum Gasteiger partial charge on any atom is -0.501 e. The van der Waals surface area contributed by atoms with Crippen LogP contribution in [0.5, 0.6) is 17.2 Å². The molecule has 1 N–H and O–H groups in total. The molecular weight excluding hydrogens is 629 g/mol. The Morgan fingerprint density at radius 2 is 1.95 bits per heavy atom. The number of ether oxygens (including phenoxy) is 3. The van der Waals surface area contributed by atoms with E-state index >= 15 is 0 Å². The van der Waals surface area contributed by atoms with Gasteiger partial charge in [0, 0.05) is 12.3 Å². The fourth-order valence-corrected chi connectivity index (χ4v) is 5.57. The molecule has 0 amide bonds. The summed E-state index contributed by atoms with van der Waals surface area (Å²) in [7, 11) is 1.24. The summed E-state index contributed by atoms with van der Waals surface area (Å²) in [4.78, 5) is 41.7.